The molecule has 0 amide bonds. The lowest BCUT2D eigenvalue weighted by molar-refractivity contribution is 0.548. The first-order chi connectivity index (χ1) is 7.81. The number of nitrogens with zero attached hydrogens (tertiary/aromatic N) is 1. The van der Waals surface area contributed by atoms with Crippen molar-refractivity contribution in [3.8, 4) is 0 Å². The van der Waals surface area contributed by atoms with E-state index < -0.39 is 0 Å². The van der Waals surface area contributed by atoms with Crippen LogP contribution in [-0.2, 0) is 0 Å². The summed E-state index contributed by atoms with van der Waals surface area (Å²) in [7, 11) is 0. The van der Waals surface area contributed by atoms with Crippen molar-refractivity contribution in [3.05, 3.63) is 30.1 Å². The summed E-state index contributed by atoms with van der Waals surface area (Å²) in [5, 5.41) is 3.63. The van der Waals surface area contributed by atoms with Gasteiger partial charge in [0, 0.05) is 30.9 Å². The molecule has 1 N–H and O–H groups in total. The smallest absolute Gasteiger partial charge is 0.125 e. The molecular formula is C13H17FN2. The van der Waals surface area contributed by atoms with Crippen molar-refractivity contribution in [1.29, 1.82) is 0 Å². The molecule has 0 radical (unpaired) electrons. The molecule has 1 aliphatic carbocycles. The molecule has 1 heterocycles. The van der Waals surface area contributed by atoms with Crippen LogP contribution in [0.2, 0.25) is 0 Å². The average molecular weight is 220 g/mol. The van der Waals surface area contributed by atoms with Gasteiger partial charge in [-0.1, -0.05) is 6.07 Å². The standard InChI is InChI=1S/C13H17FN2/c14-10-2-1-3-13(8-10)16-7-6-12(9-16)15-11-4-5-11/h1-3,8,11-12,15H,4-7,9H2. The summed E-state index contributed by atoms with van der Waals surface area (Å²) in [4.78, 5) is 2.27. The van der Waals surface area contributed by atoms with Gasteiger partial charge < -0.3 is 10.2 Å². The number of anilines is 1. The van der Waals surface area contributed by atoms with E-state index in [0.29, 0.717) is 6.04 Å². The van der Waals surface area contributed by atoms with Crippen molar-refractivity contribution in [1.82, 2.24) is 5.32 Å². The summed E-state index contributed by atoms with van der Waals surface area (Å²) in [5.41, 5.74) is 1.01. The molecule has 1 saturated heterocycles. The third kappa shape index (κ3) is 2.19. The van der Waals surface area contributed by atoms with Crippen LogP contribution in [-0.4, -0.2) is 25.2 Å². The van der Waals surface area contributed by atoms with Crippen LogP contribution in [0.5, 0.6) is 0 Å². The summed E-state index contributed by atoms with van der Waals surface area (Å²) in [6, 6.07) is 8.25. The fraction of sp³-hybridized carbons (Fsp3) is 0.538. The third-order valence-corrected chi connectivity index (χ3v) is 3.41. The molecule has 3 heteroatoms. The number of rotatable bonds is 3. The molecule has 86 valence electrons. The zero-order valence-electron chi connectivity index (χ0n) is 9.32. The lowest BCUT2D eigenvalue weighted by Gasteiger charge is -2.19. The number of hydrogen-bond donors (Lipinski definition) is 1. The number of benzene rings is 1. The first-order valence-electron chi connectivity index (χ1n) is 6.08. The molecule has 1 atom stereocenters. The van der Waals surface area contributed by atoms with Gasteiger partial charge in [-0.25, -0.2) is 4.39 Å². The SMILES string of the molecule is Fc1cccc(N2CCC(NC3CC3)C2)c1. The molecule has 2 fully saturated rings. The molecule has 1 unspecified atom stereocenters. The van der Waals surface area contributed by atoms with Gasteiger partial charge in [-0.3, -0.25) is 0 Å². The van der Waals surface area contributed by atoms with Gasteiger partial charge in [-0.2, -0.15) is 0 Å². The summed E-state index contributed by atoms with van der Waals surface area (Å²) in [6.45, 7) is 2.05. The second kappa shape index (κ2) is 4.06. The molecule has 16 heavy (non-hydrogen) atoms. The summed E-state index contributed by atoms with van der Waals surface area (Å²) in [6.07, 6.45) is 3.83. The van der Waals surface area contributed by atoms with E-state index in [4.69, 9.17) is 0 Å². The monoisotopic (exact) mass is 220 g/mol. The van der Waals surface area contributed by atoms with Crippen LogP contribution in [0.25, 0.3) is 0 Å². The predicted molar refractivity (Wildman–Crippen MR) is 63.2 cm³/mol. The van der Waals surface area contributed by atoms with E-state index in [9.17, 15) is 4.39 Å². The van der Waals surface area contributed by atoms with Crippen molar-refractivity contribution >= 4 is 5.69 Å². The number of hydrogen-bond acceptors (Lipinski definition) is 2. The van der Waals surface area contributed by atoms with Crippen LogP contribution in [0.3, 0.4) is 0 Å². The Morgan fingerprint density at radius 2 is 2.06 bits per heavy atom. The van der Waals surface area contributed by atoms with Crippen molar-refractivity contribution in [2.75, 3.05) is 18.0 Å². The van der Waals surface area contributed by atoms with E-state index in [1.54, 1.807) is 12.1 Å². The second-order valence-corrected chi connectivity index (χ2v) is 4.85. The Bertz CT molecular complexity index is 376. The highest BCUT2D eigenvalue weighted by Crippen LogP contribution is 2.25. The maximum absolute atomic E-state index is 13.1. The van der Waals surface area contributed by atoms with Gasteiger partial charge in [0.2, 0.25) is 0 Å². The Morgan fingerprint density at radius 1 is 1.19 bits per heavy atom. The lowest BCUT2D eigenvalue weighted by atomic mass is 10.2. The summed E-state index contributed by atoms with van der Waals surface area (Å²) >= 11 is 0. The van der Waals surface area contributed by atoms with Gasteiger partial charge in [0.15, 0.2) is 0 Å². The molecule has 1 saturated carbocycles. The Labute approximate surface area is 95.4 Å². The highest BCUT2D eigenvalue weighted by Gasteiger charge is 2.29. The fourth-order valence-corrected chi connectivity index (χ4v) is 2.39. The average Bonchev–Trinajstić information content (AvgIpc) is 2.94. The zero-order valence-corrected chi connectivity index (χ0v) is 9.32. The first-order valence-corrected chi connectivity index (χ1v) is 6.08. The van der Waals surface area contributed by atoms with Gasteiger partial charge in [-0.15, -0.1) is 0 Å². The Hall–Kier alpha value is -1.09. The zero-order chi connectivity index (χ0) is 11.0. The highest BCUT2D eigenvalue weighted by atomic mass is 19.1. The van der Waals surface area contributed by atoms with Crippen LogP contribution in [0.1, 0.15) is 19.3 Å². The largest absolute Gasteiger partial charge is 0.370 e. The molecule has 1 aromatic carbocycles. The Balaban J connectivity index is 1.63. The van der Waals surface area contributed by atoms with E-state index in [2.05, 4.69) is 10.2 Å². The minimum absolute atomic E-state index is 0.142. The van der Waals surface area contributed by atoms with Gasteiger partial charge in [-0.05, 0) is 37.5 Å². The summed E-state index contributed by atoms with van der Waals surface area (Å²) in [5.74, 6) is -0.142. The first kappa shape index (κ1) is 10.1. The summed E-state index contributed by atoms with van der Waals surface area (Å²) < 4.78 is 13.1. The van der Waals surface area contributed by atoms with E-state index in [1.807, 2.05) is 6.07 Å². The molecule has 0 spiro atoms. The van der Waals surface area contributed by atoms with E-state index in [-0.39, 0.29) is 5.82 Å². The lowest BCUT2D eigenvalue weighted by Crippen LogP contribution is -2.33. The van der Waals surface area contributed by atoms with Crippen LogP contribution in [0, 0.1) is 5.82 Å². The normalized spacial score (nSPS) is 25.1. The molecule has 2 aliphatic rings. The Morgan fingerprint density at radius 3 is 2.81 bits per heavy atom. The molecule has 1 aromatic rings. The van der Waals surface area contributed by atoms with Crippen molar-refractivity contribution in [2.45, 2.75) is 31.3 Å². The van der Waals surface area contributed by atoms with E-state index in [0.717, 1.165) is 24.8 Å². The maximum Gasteiger partial charge on any atom is 0.125 e. The van der Waals surface area contributed by atoms with Crippen LogP contribution in [0.15, 0.2) is 24.3 Å². The third-order valence-electron chi connectivity index (χ3n) is 3.41. The highest BCUT2D eigenvalue weighted by molar-refractivity contribution is 5.47. The van der Waals surface area contributed by atoms with E-state index in [1.165, 1.54) is 25.3 Å². The minimum atomic E-state index is -0.142. The molecular weight excluding hydrogens is 203 g/mol. The van der Waals surface area contributed by atoms with Crippen molar-refractivity contribution in [3.63, 3.8) is 0 Å². The van der Waals surface area contributed by atoms with Gasteiger partial charge in [0.05, 0.1) is 0 Å². The van der Waals surface area contributed by atoms with Gasteiger partial charge in [0.25, 0.3) is 0 Å². The number of halogens is 1. The fourth-order valence-electron chi connectivity index (χ4n) is 2.39. The molecule has 0 aromatic heterocycles. The van der Waals surface area contributed by atoms with Crippen molar-refractivity contribution < 1.29 is 4.39 Å². The number of nitrogens with one attached hydrogen (secondary N) is 1. The van der Waals surface area contributed by atoms with Crippen molar-refractivity contribution in [2.24, 2.45) is 0 Å². The molecule has 0 bridgehead atoms. The Kier molecular flexibility index (Phi) is 2.56. The molecule has 1 aliphatic heterocycles. The quantitative estimate of drug-likeness (QED) is 0.839. The topological polar surface area (TPSA) is 15.3 Å². The van der Waals surface area contributed by atoms with Crippen LogP contribution >= 0.6 is 0 Å². The van der Waals surface area contributed by atoms with Crippen LogP contribution in [0.4, 0.5) is 10.1 Å². The second-order valence-electron chi connectivity index (χ2n) is 4.85. The van der Waals surface area contributed by atoms with Gasteiger partial charge >= 0.3 is 0 Å². The van der Waals surface area contributed by atoms with Crippen LogP contribution < -0.4 is 10.2 Å². The van der Waals surface area contributed by atoms with E-state index >= 15 is 0 Å². The minimum Gasteiger partial charge on any atom is -0.370 e. The van der Waals surface area contributed by atoms with Gasteiger partial charge in [0.1, 0.15) is 5.82 Å². The predicted octanol–water partition coefficient (Wildman–Crippen LogP) is 2.16. The maximum atomic E-state index is 13.1. The molecule has 3 rings (SSSR count). The molecule has 2 nitrogen and oxygen atoms in total.